The van der Waals surface area contributed by atoms with Gasteiger partial charge in [-0.3, -0.25) is 9.69 Å². The molecule has 4 aliphatic heterocycles. The summed E-state index contributed by atoms with van der Waals surface area (Å²) in [7, 11) is 0. The largest absolute Gasteiger partial charge is 0.457 e. The quantitative estimate of drug-likeness (QED) is 0.480. The van der Waals surface area contributed by atoms with Crippen LogP contribution in [0.25, 0.3) is 0 Å². The summed E-state index contributed by atoms with van der Waals surface area (Å²) >= 11 is 1.46. The van der Waals surface area contributed by atoms with E-state index in [4.69, 9.17) is 4.74 Å². The molecule has 0 bridgehead atoms. The van der Waals surface area contributed by atoms with Gasteiger partial charge in [-0.25, -0.2) is 9.18 Å². The van der Waals surface area contributed by atoms with Crippen LogP contribution >= 0.6 is 11.8 Å². The number of hydrogen-bond donors (Lipinski definition) is 4. The molecule has 3 fully saturated rings. The van der Waals surface area contributed by atoms with Crippen LogP contribution in [0.5, 0.6) is 11.5 Å². The van der Waals surface area contributed by atoms with Crippen molar-refractivity contribution in [3.63, 3.8) is 0 Å². The Morgan fingerprint density at radius 1 is 1.16 bits per heavy atom. The molecule has 4 aliphatic rings. The Morgan fingerprint density at radius 2 is 2.00 bits per heavy atom. The molecule has 37 heavy (non-hydrogen) atoms. The molecule has 3 amide bonds. The smallest absolute Gasteiger partial charge is 0.326 e. The number of amides is 3. The Kier molecular flexibility index (Phi) is 6.56. The van der Waals surface area contributed by atoms with Crippen molar-refractivity contribution < 1.29 is 18.7 Å². The molecule has 10 heteroatoms. The third kappa shape index (κ3) is 4.69. The van der Waals surface area contributed by atoms with Crippen molar-refractivity contribution in [2.75, 3.05) is 24.5 Å². The number of anilines is 1. The van der Waals surface area contributed by atoms with Crippen LogP contribution in [0.15, 0.2) is 59.1 Å². The summed E-state index contributed by atoms with van der Waals surface area (Å²) in [6, 6.07) is 14.7. The molecule has 194 valence electrons. The van der Waals surface area contributed by atoms with Gasteiger partial charge in [0, 0.05) is 42.9 Å². The Balaban J connectivity index is 1.24. The van der Waals surface area contributed by atoms with Crippen molar-refractivity contribution in [1.82, 2.24) is 21.3 Å². The van der Waals surface area contributed by atoms with Gasteiger partial charge in [0.2, 0.25) is 0 Å². The minimum absolute atomic E-state index is 0.0167. The molecule has 0 aromatic heterocycles. The van der Waals surface area contributed by atoms with Gasteiger partial charge in [-0.2, -0.15) is 0 Å². The van der Waals surface area contributed by atoms with Gasteiger partial charge in [-0.1, -0.05) is 30.0 Å². The van der Waals surface area contributed by atoms with E-state index in [0.717, 1.165) is 30.0 Å². The molecule has 0 saturated carbocycles. The van der Waals surface area contributed by atoms with E-state index in [2.05, 4.69) is 21.3 Å². The van der Waals surface area contributed by atoms with E-state index in [1.807, 2.05) is 60.4 Å². The van der Waals surface area contributed by atoms with Crippen molar-refractivity contribution in [3.05, 3.63) is 64.7 Å². The minimum atomic E-state index is -0.975. The average molecular weight is 524 g/mol. The average Bonchev–Trinajstić information content (AvgIpc) is 3.25. The summed E-state index contributed by atoms with van der Waals surface area (Å²) in [6.07, 6.45) is 0.0892. The SMILES string of the molecule is Cc1cc(Oc2ccccc2)ccc1N1C(=O)NC2=C(C(=O)N[C@H]3CNC[C@@H](F)C3)SC3NCCC1C23. The number of halogens is 1. The topological polar surface area (TPSA) is 94.7 Å². The molecule has 6 rings (SSSR count). The van der Waals surface area contributed by atoms with Crippen LogP contribution in [-0.4, -0.2) is 55.2 Å². The number of nitrogens with one attached hydrogen (secondary N) is 4. The lowest BCUT2D eigenvalue weighted by atomic mass is 9.86. The van der Waals surface area contributed by atoms with E-state index < -0.39 is 6.17 Å². The number of thioether (sulfide) groups is 1. The van der Waals surface area contributed by atoms with Gasteiger partial charge in [0.05, 0.1) is 16.3 Å². The highest BCUT2D eigenvalue weighted by Crippen LogP contribution is 2.48. The summed E-state index contributed by atoms with van der Waals surface area (Å²) < 4.78 is 19.8. The number of piperidine rings is 2. The lowest BCUT2D eigenvalue weighted by molar-refractivity contribution is -0.117. The lowest BCUT2D eigenvalue weighted by Gasteiger charge is -2.46. The molecule has 2 aromatic rings. The number of carbonyl (C=O) groups excluding carboxylic acids is 2. The van der Waals surface area contributed by atoms with Crippen LogP contribution in [0.1, 0.15) is 18.4 Å². The first kappa shape index (κ1) is 24.3. The zero-order chi connectivity index (χ0) is 25.5. The molecule has 3 unspecified atom stereocenters. The van der Waals surface area contributed by atoms with Crippen LogP contribution in [0.3, 0.4) is 0 Å². The highest BCUT2D eigenvalue weighted by Gasteiger charge is 2.52. The van der Waals surface area contributed by atoms with E-state index >= 15 is 0 Å². The number of alkyl halides is 1. The van der Waals surface area contributed by atoms with Crippen LogP contribution in [0.2, 0.25) is 0 Å². The number of para-hydroxylation sites is 1. The van der Waals surface area contributed by atoms with E-state index in [9.17, 15) is 14.0 Å². The minimum Gasteiger partial charge on any atom is -0.457 e. The summed E-state index contributed by atoms with van der Waals surface area (Å²) in [5, 5.41) is 12.5. The van der Waals surface area contributed by atoms with Crippen molar-refractivity contribution in [2.24, 2.45) is 5.92 Å². The number of benzene rings is 2. The predicted molar refractivity (Wildman–Crippen MR) is 141 cm³/mol. The number of nitrogens with zero attached hydrogens (tertiary/aromatic N) is 1. The maximum Gasteiger partial charge on any atom is 0.326 e. The summed E-state index contributed by atoms with van der Waals surface area (Å²) in [5.74, 6) is 1.16. The van der Waals surface area contributed by atoms with Crippen molar-refractivity contribution in [3.8, 4) is 11.5 Å². The monoisotopic (exact) mass is 523 g/mol. The van der Waals surface area contributed by atoms with Gasteiger partial charge >= 0.3 is 6.03 Å². The van der Waals surface area contributed by atoms with Crippen LogP contribution in [0.4, 0.5) is 14.9 Å². The van der Waals surface area contributed by atoms with Gasteiger partial charge < -0.3 is 26.0 Å². The Hall–Kier alpha value is -3.08. The molecule has 5 atom stereocenters. The standard InChI is InChI=1S/C27H30FN5O3S/c1-15-11-19(36-18-5-3-2-4-6-18)7-8-20(15)33-21-9-10-30-26-22(21)23(32-27(33)35)24(37-26)25(34)31-17-12-16(28)13-29-14-17/h2-8,11,16-17,21-22,26,29-30H,9-10,12-14H2,1H3,(H,31,34)(H,32,35)/t16-,17+,21?,22?,26?/m0/s1. The van der Waals surface area contributed by atoms with Crippen molar-refractivity contribution in [1.29, 1.82) is 0 Å². The fraction of sp³-hybridized carbons (Fsp3) is 0.407. The van der Waals surface area contributed by atoms with Crippen LogP contribution in [0, 0.1) is 12.8 Å². The predicted octanol–water partition coefficient (Wildman–Crippen LogP) is 3.40. The molecule has 0 radical (unpaired) electrons. The van der Waals surface area contributed by atoms with Crippen molar-refractivity contribution >= 4 is 29.4 Å². The highest BCUT2D eigenvalue weighted by atomic mass is 32.2. The molecule has 4 heterocycles. The second-order valence-electron chi connectivity index (χ2n) is 9.94. The molecule has 2 aromatic carbocycles. The first-order valence-corrected chi connectivity index (χ1v) is 13.6. The normalized spacial score (nSPS) is 29.0. The third-order valence-electron chi connectivity index (χ3n) is 7.39. The number of rotatable bonds is 5. The zero-order valence-electron chi connectivity index (χ0n) is 20.5. The second-order valence-corrected chi connectivity index (χ2v) is 11.1. The first-order chi connectivity index (χ1) is 18.0. The lowest BCUT2D eigenvalue weighted by Crippen LogP contribution is -2.62. The van der Waals surface area contributed by atoms with E-state index in [1.54, 1.807) is 0 Å². The van der Waals surface area contributed by atoms with Gasteiger partial charge in [0.25, 0.3) is 5.91 Å². The van der Waals surface area contributed by atoms with E-state index in [0.29, 0.717) is 35.9 Å². The maximum absolute atomic E-state index is 13.8. The number of aryl methyl sites for hydroxylation is 1. The van der Waals surface area contributed by atoms with Crippen LogP contribution in [-0.2, 0) is 4.79 Å². The Morgan fingerprint density at radius 3 is 2.78 bits per heavy atom. The first-order valence-electron chi connectivity index (χ1n) is 12.7. The zero-order valence-corrected chi connectivity index (χ0v) is 21.3. The van der Waals surface area contributed by atoms with Gasteiger partial charge in [-0.15, -0.1) is 0 Å². The van der Waals surface area contributed by atoms with E-state index in [-0.39, 0.29) is 35.3 Å². The van der Waals surface area contributed by atoms with E-state index in [1.165, 1.54) is 11.8 Å². The molecular weight excluding hydrogens is 493 g/mol. The molecule has 0 spiro atoms. The number of urea groups is 1. The summed E-state index contributed by atoms with van der Waals surface area (Å²) in [4.78, 5) is 29.1. The maximum atomic E-state index is 13.8. The Labute approximate surface area is 219 Å². The summed E-state index contributed by atoms with van der Waals surface area (Å²) in [5.41, 5.74) is 2.43. The third-order valence-corrected chi connectivity index (χ3v) is 8.74. The fourth-order valence-electron chi connectivity index (χ4n) is 5.74. The van der Waals surface area contributed by atoms with Crippen molar-refractivity contribution in [2.45, 2.75) is 43.4 Å². The number of hydrogen-bond acceptors (Lipinski definition) is 6. The molecular formula is C27H30FN5O3S. The van der Waals surface area contributed by atoms with Gasteiger partial charge in [0.15, 0.2) is 0 Å². The summed E-state index contributed by atoms with van der Waals surface area (Å²) in [6.45, 7) is 3.57. The molecule has 3 saturated heterocycles. The Bertz CT molecular complexity index is 1240. The molecule has 0 aliphatic carbocycles. The number of ether oxygens (including phenoxy) is 1. The molecule has 4 N–H and O–H groups in total. The van der Waals surface area contributed by atoms with Gasteiger partial charge in [-0.05, 0) is 55.8 Å². The second kappa shape index (κ2) is 10.00. The van der Waals surface area contributed by atoms with Gasteiger partial charge in [0.1, 0.15) is 17.7 Å². The molecule has 8 nitrogen and oxygen atoms in total. The van der Waals surface area contributed by atoms with Crippen LogP contribution < -0.4 is 30.9 Å². The number of carbonyl (C=O) groups is 2. The highest BCUT2D eigenvalue weighted by molar-refractivity contribution is 8.04. The fourth-order valence-corrected chi connectivity index (χ4v) is 7.14.